The summed E-state index contributed by atoms with van der Waals surface area (Å²) in [5, 5.41) is 90.9. The van der Waals surface area contributed by atoms with Crippen LogP contribution in [0.2, 0.25) is 5.02 Å². The van der Waals surface area contributed by atoms with Gasteiger partial charge in [-0.15, -0.1) is 0 Å². The number of benzene rings is 5. The lowest BCUT2D eigenvalue weighted by Crippen LogP contribution is -2.70. The van der Waals surface area contributed by atoms with Crippen molar-refractivity contribution in [2.45, 2.75) is 71.1 Å². The van der Waals surface area contributed by atoms with Crippen molar-refractivity contribution in [2.24, 2.45) is 59.2 Å². The van der Waals surface area contributed by atoms with E-state index in [4.69, 9.17) is 50.3 Å². The molecule has 10 atom stereocenters. The van der Waals surface area contributed by atoms with Gasteiger partial charge in [0.05, 0.1) is 70.8 Å². The molecular formula is C72H78BrCl3N8O19. The van der Waals surface area contributed by atoms with Crippen molar-refractivity contribution in [3.8, 4) is 6.07 Å². The van der Waals surface area contributed by atoms with Gasteiger partial charge in [-0.05, 0) is 168 Å². The first kappa shape index (κ1) is 85.5. The molecule has 0 aliphatic heterocycles. The maximum atomic E-state index is 12.3. The number of halogens is 4. The summed E-state index contributed by atoms with van der Waals surface area (Å²) < 4.78 is 0.905. The van der Waals surface area contributed by atoms with E-state index in [1.54, 1.807) is 140 Å². The number of carbonyl (C=O) groups excluding carboxylic acids is 5. The number of nitrogens with two attached hydrogens (primary N) is 2. The number of anilines is 5. The van der Waals surface area contributed by atoms with Gasteiger partial charge in [0.15, 0.2) is 0 Å². The zero-order valence-corrected chi connectivity index (χ0v) is 59.0. The Kier molecular flexibility index (Phi) is 35.3. The number of aliphatic carboxylic acids is 5. The third kappa shape index (κ3) is 26.8. The summed E-state index contributed by atoms with van der Waals surface area (Å²) in [6.07, 6.45) is 16.0. The number of hydrogen-bond acceptors (Lipinski definition) is 13. The second kappa shape index (κ2) is 42.5. The van der Waals surface area contributed by atoms with Gasteiger partial charge < -0.3 is 84.4 Å². The average Bonchev–Trinajstić information content (AvgIpc) is 0.844. The Hall–Kier alpha value is -9.90. The molecule has 10 unspecified atom stereocenters. The number of quaternary nitrogens is 2. The molecule has 0 heterocycles. The normalized spacial score (nSPS) is 21.2. The fourth-order valence-electron chi connectivity index (χ4n) is 11.3. The fraction of sp³-hybridized carbons (Fsp3) is 0.292. The van der Waals surface area contributed by atoms with Crippen LogP contribution in [-0.4, -0.2) is 95.9 Å². The van der Waals surface area contributed by atoms with Crippen LogP contribution in [0.4, 0.5) is 39.8 Å². The van der Waals surface area contributed by atoms with E-state index >= 15 is 0 Å². The predicted molar refractivity (Wildman–Crippen MR) is 389 cm³/mol. The van der Waals surface area contributed by atoms with Crippen LogP contribution < -0.4 is 37.5 Å². The summed E-state index contributed by atoms with van der Waals surface area (Å²) in [4.78, 5) is 117. The highest BCUT2D eigenvalue weighted by molar-refractivity contribution is 9.10. The van der Waals surface area contributed by atoms with Crippen LogP contribution in [-0.2, 0) is 47.9 Å². The Labute approximate surface area is 615 Å². The molecule has 31 heteroatoms. The van der Waals surface area contributed by atoms with Crippen molar-refractivity contribution < 1.29 is 95.4 Å². The summed E-state index contributed by atoms with van der Waals surface area (Å²) in [7, 11) is 0. The number of allylic oxidation sites excluding steroid dienone is 10. The van der Waals surface area contributed by atoms with Crippen molar-refractivity contribution in [1.29, 1.82) is 5.26 Å². The largest absolute Gasteiger partial charge is 0.630 e. The second-order valence-corrected chi connectivity index (χ2v) is 26.3. The molecule has 0 saturated heterocycles. The third-order valence-corrected chi connectivity index (χ3v) is 18.4. The molecule has 27 nitrogen and oxygen atoms in total. The first-order valence-corrected chi connectivity index (χ1v) is 33.6. The van der Waals surface area contributed by atoms with E-state index in [1.165, 1.54) is 0 Å². The van der Waals surface area contributed by atoms with Crippen LogP contribution in [0.3, 0.4) is 0 Å². The molecule has 0 aromatic heterocycles. The number of carboxylic acids is 5. The maximum Gasteiger partial charge on any atom is 0.307 e. The standard InChI is InChI=1S/C15H18N2O4.C15H14N2O3.C14H13BrClNO3.C14H15ClN2O4.C14H14ClNO3.2H2O/c1-9-2-7-12(15(19)20)13(8-9)14(18)16-10-3-5-11(17-21)6-4-10;16-9-10-5-7-11(8-6-10)17-14(18)12-3-1-2-4-13(12)15(19)20;15-8-1-4-10(5-2-8)17-13(18)12-7-9(16)3-6-11(12)14(19)20;15-8-1-6-11(14(19)20)12(7-8)13(18)16-9-2-4-10(17-21)5-3-9;15-9-5-7-10(8-6-9)16-13(17)11-3-1-2-4-12(11)14(18)19;;/h2-6,12-13H,7-8,17H2,1H3,(H,16,18)(H,19,20);1-2,5-8,12-13H,3-4H2,(H,17,18)(H,19,20);1-5,11-12H,6-7H2,(H,17,18)(H,19,20);1-5,11-12H,6-7,17H2,(H,16,18)(H,19,20);1-2,5-8,11-12H,3-4H2,(H,16,17)(H,18,19);2*1H2. The van der Waals surface area contributed by atoms with Crippen LogP contribution >= 0.6 is 50.7 Å². The number of carboxylic acid groups (broad SMARTS) is 5. The van der Waals surface area contributed by atoms with Gasteiger partial charge in [0.1, 0.15) is 11.4 Å². The Morgan fingerprint density at radius 1 is 0.398 bits per heavy atom. The predicted octanol–water partition coefficient (Wildman–Crippen LogP) is 10.0. The molecule has 0 spiro atoms. The van der Waals surface area contributed by atoms with E-state index < -0.39 is 89.0 Å². The van der Waals surface area contributed by atoms with Gasteiger partial charge in [0.2, 0.25) is 29.5 Å². The van der Waals surface area contributed by atoms with E-state index in [0.29, 0.717) is 104 Å². The smallest absolute Gasteiger partial charge is 0.307 e. The number of nitrogens with one attached hydrogen (secondary N) is 5. The molecule has 548 valence electrons. The van der Waals surface area contributed by atoms with Gasteiger partial charge in [-0.2, -0.15) is 5.26 Å². The van der Waals surface area contributed by atoms with E-state index in [1.807, 2.05) is 37.3 Å². The van der Waals surface area contributed by atoms with Gasteiger partial charge in [0.25, 0.3) is 0 Å². The first-order chi connectivity index (χ1) is 48.2. The average molecular weight is 1550 g/mol. The lowest BCUT2D eigenvalue weighted by atomic mass is 9.79. The number of rotatable bonds is 17. The number of amides is 5. The summed E-state index contributed by atoms with van der Waals surface area (Å²) in [6.45, 7) is 1.90. The number of hydrogen-bond donors (Lipinski definition) is 12. The second-order valence-electron chi connectivity index (χ2n) is 23.9. The minimum atomic E-state index is -1.01. The maximum absolute atomic E-state index is 12.3. The summed E-state index contributed by atoms with van der Waals surface area (Å²) in [5.41, 5.74) is 6.87. The summed E-state index contributed by atoms with van der Waals surface area (Å²) in [5.74, 6) is -12.9. The van der Waals surface area contributed by atoms with Gasteiger partial charge >= 0.3 is 29.8 Å². The summed E-state index contributed by atoms with van der Waals surface area (Å²) >= 11 is 20.9. The molecule has 0 bridgehead atoms. The Bertz CT molecular complexity index is 3880. The Morgan fingerprint density at radius 3 is 0.971 bits per heavy atom. The van der Waals surface area contributed by atoms with Crippen LogP contribution in [0, 0.1) is 80.9 Å². The van der Waals surface area contributed by atoms with Crippen molar-refractivity contribution in [2.75, 3.05) is 26.6 Å². The molecule has 5 aromatic rings. The molecule has 5 aliphatic rings. The zero-order chi connectivity index (χ0) is 73.9. The van der Waals surface area contributed by atoms with Crippen molar-refractivity contribution in [3.63, 3.8) is 0 Å². The first-order valence-electron chi connectivity index (χ1n) is 31.6. The van der Waals surface area contributed by atoms with Crippen molar-refractivity contribution in [1.82, 2.24) is 0 Å². The highest BCUT2D eigenvalue weighted by atomic mass is 79.9. The highest BCUT2D eigenvalue weighted by Gasteiger charge is 2.40. The monoisotopic (exact) mass is 1540 g/mol. The molecule has 103 heavy (non-hydrogen) atoms. The van der Waals surface area contributed by atoms with Gasteiger partial charge in [-0.25, -0.2) is 0 Å². The molecule has 0 radical (unpaired) electrons. The molecule has 5 aromatic carbocycles. The van der Waals surface area contributed by atoms with Crippen LogP contribution in [0.1, 0.15) is 76.7 Å². The van der Waals surface area contributed by atoms with E-state index in [9.17, 15) is 73.7 Å². The topological polar surface area (TPSA) is 498 Å². The van der Waals surface area contributed by atoms with Gasteiger partial charge in [-0.3, -0.25) is 47.9 Å². The van der Waals surface area contributed by atoms with E-state index in [-0.39, 0.29) is 66.2 Å². The minimum absolute atomic E-state index is 0. The van der Waals surface area contributed by atoms with Crippen LogP contribution in [0.25, 0.3) is 0 Å². The van der Waals surface area contributed by atoms with Gasteiger partial charge in [-0.1, -0.05) is 98.8 Å². The number of carbonyl (C=O) groups is 10. The lowest BCUT2D eigenvalue weighted by Gasteiger charge is -2.26. The van der Waals surface area contributed by atoms with Crippen molar-refractivity contribution in [3.05, 3.63) is 205 Å². The third-order valence-electron chi connectivity index (χ3n) is 17.0. The molecule has 5 aliphatic carbocycles. The molecule has 0 fully saturated rings. The zero-order valence-electron chi connectivity index (χ0n) is 55.2. The highest BCUT2D eigenvalue weighted by Crippen LogP contribution is 2.36. The quantitative estimate of drug-likeness (QED) is 0.0234. The summed E-state index contributed by atoms with van der Waals surface area (Å²) in [6, 6.07) is 35.1. The SMILES string of the molecule is CC1=CCC(C(=O)O)C(C(=O)Nc2ccc([NH2+][O-])cc2)C1.N#Cc1ccc(NC(=O)C2CC=CCC2C(=O)O)cc1.O.O.O=C(O)C1CC=C(Cl)CC1C(=O)Nc1ccc(Br)cc1.O=C(O)C1CC=C(Cl)CC1C(=O)Nc1ccc([NH2+][O-])cc1.O=C(O)C1CC=CCC1C(=O)Nc1ccc(Cl)cc1. The van der Waals surface area contributed by atoms with Gasteiger partial charge in [0, 0.05) is 72.3 Å². The molecule has 0 saturated carbocycles. The van der Waals surface area contributed by atoms with Crippen molar-refractivity contribution >= 4 is 150 Å². The molecular weight excluding hydrogens is 1470 g/mol. The van der Waals surface area contributed by atoms with E-state index in [2.05, 4.69) is 42.5 Å². The Balaban J connectivity index is 0.000000272. The molecule has 5 amide bonds. The molecule has 18 N–H and O–H groups in total. The van der Waals surface area contributed by atoms with Crippen LogP contribution in [0.5, 0.6) is 0 Å². The minimum Gasteiger partial charge on any atom is -0.630 e. The van der Waals surface area contributed by atoms with Crippen LogP contribution in [0.15, 0.2) is 184 Å². The molecule has 10 rings (SSSR count). The lowest BCUT2D eigenvalue weighted by molar-refractivity contribution is -0.497. The number of nitriles is 1. The number of nitrogens with zero attached hydrogens (tertiary/aromatic N) is 1. The fourth-order valence-corrected chi connectivity index (χ4v) is 12.2. The Morgan fingerprint density at radius 2 is 0.660 bits per heavy atom. The van der Waals surface area contributed by atoms with E-state index in [0.717, 1.165) is 15.5 Å².